The molecule has 3 N–H and O–H groups in total. The van der Waals surface area contributed by atoms with E-state index in [1.165, 1.54) is 11.3 Å². The standard InChI is InChI=1S/C12H17N5S/c1-8-9(2)15-7-16-11(8)14-5-3-4-10-6-18-12(13)17-10/h6-7H,3-5H2,1-2H3,(H2,13,17)(H,14,15,16). The molecule has 0 unspecified atom stereocenters. The maximum atomic E-state index is 5.59. The van der Waals surface area contributed by atoms with Crippen LogP contribution in [0.2, 0.25) is 0 Å². The van der Waals surface area contributed by atoms with Crippen molar-refractivity contribution >= 4 is 22.3 Å². The minimum atomic E-state index is 0.639. The summed E-state index contributed by atoms with van der Waals surface area (Å²) in [6, 6.07) is 0. The zero-order valence-corrected chi connectivity index (χ0v) is 11.4. The van der Waals surface area contributed by atoms with Crippen LogP contribution in [0.15, 0.2) is 11.7 Å². The normalized spacial score (nSPS) is 10.6. The third kappa shape index (κ3) is 3.16. The molecule has 5 nitrogen and oxygen atoms in total. The summed E-state index contributed by atoms with van der Waals surface area (Å²) in [6.07, 6.45) is 3.53. The lowest BCUT2D eigenvalue weighted by Crippen LogP contribution is -2.07. The molecule has 2 heterocycles. The molecule has 0 aromatic carbocycles. The van der Waals surface area contributed by atoms with Crippen LogP contribution in [0.1, 0.15) is 23.4 Å². The fourth-order valence-corrected chi connectivity index (χ4v) is 2.23. The molecule has 0 bridgehead atoms. The second-order valence-corrected chi connectivity index (χ2v) is 5.03. The van der Waals surface area contributed by atoms with E-state index in [9.17, 15) is 0 Å². The van der Waals surface area contributed by atoms with Gasteiger partial charge in [0.1, 0.15) is 12.1 Å². The Bertz CT molecular complexity index is 523. The van der Waals surface area contributed by atoms with Crippen LogP contribution in [0.3, 0.4) is 0 Å². The summed E-state index contributed by atoms with van der Waals surface area (Å²) in [5.41, 5.74) is 8.77. The van der Waals surface area contributed by atoms with Gasteiger partial charge < -0.3 is 11.1 Å². The summed E-state index contributed by atoms with van der Waals surface area (Å²) >= 11 is 1.49. The highest BCUT2D eigenvalue weighted by Crippen LogP contribution is 2.14. The molecule has 0 saturated carbocycles. The number of nitrogens with one attached hydrogen (secondary N) is 1. The lowest BCUT2D eigenvalue weighted by atomic mass is 10.2. The van der Waals surface area contributed by atoms with Crippen molar-refractivity contribution in [2.24, 2.45) is 0 Å². The van der Waals surface area contributed by atoms with E-state index in [0.29, 0.717) is 5.13 Å². The van der Waals surface area contributed by atoms with Crippen molar-refractivity contribution in [3.8, 4) is 0 Å². The van der Waals surface area contributed by atoms with E-state index in [2.05, 4.69) is 20.3 Å². The van der Waals surface area contributed by atoms with E-state index in [0.717, 1.165) is 42.2 Å². The molecule has 2 aromatic rings. The second-order valence-electron chi connectivity index (χ2n) is 4.14. The Hall–Kier alpha value is -1.69. The fraction of sp³-hybridized carbons (Fsp3) is 0.417. The van der Waals surface area contributed by atoms with Gasteiger partial charge >= 0.3 is 0 Å². The predicted octanol–water partition coefficient (Wildman–Crippen LogP) is 2.18. The molecule has 18 heavy (non-hydrogen) atoms. The van der Waals surface area contributed by atoms with Gasteiger partial charge in [0.05, 0.1) is 5.69 Å². The van der Waals surface area contributed by atoms with E-state index in [4.69, 9.17) is 5.73 Å². The fourth-order valence-electron chi connectivity index (χ4n) is 1.63. The van der Waals surface area contributed by atoms with Gasteiger partial charge in [-0.3, -0.25) is 0 Å². The van der Waals surface area contributed by atoms with Crippen LogP contribution >= 0.6 is 11.3 Å². The number of anilines is 2. The number of thiazole rings is 1. The molecule has 0 saturated heterocycles. The largest absolute Gasteiger partial charge is 0.375 e. The molecule has 2 rings (SSSR count). The van der Waals surface area contributed by atoms with E-state index >= 15 is 0 Å². The molecular formula is C12H17N5S. The molecule has 0 aliphatic heterocycles. The van der Waals surface area contributed by atoms with Crippen LogP contribution in [-0.4, -0.2) is 21.5 Å². The van der Waals surface area contributed by atoms with Crippen LogP contribution in [0.25, 0.3) is 0 Å². The van der Waals surface area contributed by atoms with Crippen LogP contribution < -0.4 is 11.1 Å². The minimum Gasteiger partial charge on any atom is -0.375 e. The van der Waals surface area contributed by atoms with Gasteiger partial charge in [0.25, 0.3) is 0 Å². The maximum absolute atomic E-state index is 5.59. The molecular weight excluding hydrogens is 246 g/mol. The first-order valence-corrected chi connectivity index (χ1v) is 6.76. The first-order chi connectivity index (χ1) is 8.66. The molecule has 0 radical (unpaired) electrons. The van der Waals surface area contributed by atoms with Crippen molar-refractivity contribution in [1.82, 2.24) is 15.0 Å². The van der Waals surface area contributed by atoms with Gasteiger partial charge in [0.2, 0.25) is 0 Å². The number of aryl methyl sites for hydroxylation is 2. The zero-order chi connectivity index (χ0) is 13.0. The van der Waals surface area contributed by atoms with E-state index < -0.39 is 0 Å². The van der Waals surface area contributed by atoms with Crippen LogP contribution in [0.5, 0.6) is 0 Å². The highest BCUT2D eigenvalue weighted by atomic mass is 32.1. The summed E-state index contributed by atoms with van der Waals surface area (Å²) in [4.78, 5) is 12.6. The molecule has 2 aromatic heterocycles. The first kappa shape index (κ1) is 12.8. The van der Waals surface area contributed by atoms with E-state index in [1.807, 2.05) is 19.2 Å². The van der Waals surface area contributed by atoms with Gasteiger partial charge in [-0.05, 0) is 26.7 Å². The number of hydrogen-bond donors (Lipinski definition) is 2. The van der Waals surface area contributed by atoms with Crippen molar-refractivity contribution in [3.63, 3.8) is 0 Å². The van der Waals surface area contributed by atoms with Gasteiger partial charge in [-0.2, -0.15) is 0 Å². The molecule has 0 aliphatic carbocycles. The summed E-state index contributed by atoms with van der Waals surface area (Å²) in [5, 5.41) is 5.97. The Kier molecular flexibility index (Phi) is 4.09. The first-order valence-electron chi connectivity index (χ1n) is 5.89. The van der Waals surface area contributed by atoms with Crippen molar-refractivity contribution in [1.29, 1.82) is 0 Å². The summed E-state index contributed by atoms with van der Waals surface area (Å²) in [6.45, 7) is 4.88. The van der Waals surface area contributed by atoms with Gasteiger partial charge in [0.15, 0.2) is 5.13 Å². The monoisotopic (exact) mass is 263 g/mol. The van der Waals surface area contributed by atoms with Crippen molar-refractivity contribution in [2.45, 2.75) is 26.7 Å². The average molecular weight is 263 g/mol. The minimum absolute atomic E-state index is 0.639. The molecule has 0 atom stereocenters. The van der Waals surface area contributed by atoms with Gasteiger partial charge in [-0.15, -0.1) is 11.3 Å². The lowest BCUT2D eigenvalue weighted by Gasteiger charge is -2.08. The number of rotatable bonds is 5. The Morgan fingerprint density at radius 1 is 1.33 bits per heavy atom. The molecule has 0 fully saturated rings. The zero-order valence-electron chi connectivity index (χ0n) is 10.6. The van der Waals surface area contributed by atoms with Gasteiger partial charge in [0, 0.05) is 23.2 Å². The Balaban J connectivity index is 1.80. The average Bonchev–Trinajstić information content (AvgIpc) is 2.76. The number of nitrogens with two attached hydrogens (primary N) is 1. The van der Waals surface area contributed by atoms with Crippen molar-refractivity contribution in [3.05, 3.63) is 28.7 Å². The van der Waals surface area contributed by atoms with Crippen molar-refractivity contribution in [2.75, 3.05) is 17.6 Å². The maximum Gasteiger partial charge on any atom is 0.180 e. The quantitative estimate of drug-likeness (QED) is 0.808. The van der Waals surface area contributed by atoms with E-state index in [-0.39, 0.29) is 0 Å². The SMILES string of the molecule is Cc1ncnc(NCCCc2csc(N)n2)c1C. The summed E-state index contributed by atoms with van der Waals surface area (Å²) < 4.78 is 0. The summed E-state index contributed by atoms with van der Waals surface area (Å²) in [7, 11) is 0. The third-order valence-corrected chi connectivity index (χ3v) is 3.53. The Morgan fingerprint density at radius 3 is 2.89 bits per heavy atom. The third-order valence-electron chi connectivity index (χ3n) is 2.81. The smallest absolute Gasteiger partial charge is 0.180 e. The number of hydrogen-bond acceptors (Lipinski definition) is 6. The van der Waals surface area contributed by atoms with Gasteiger partial charge in [-0.1, -0.05) is 0 Å². The number of nitrogens with zero attached hydrogens (tertiary/aromatic N) is 3. The Labute approximate surface area is 111 Å². The molecule has 6 heteroatoms. The lowest BCUT2D eigenvalue weighted by molar-refractivity contribution is 0.837. The molecule has 0 aliphatic rings. The highest BCUT2D eigenvalue weighted by molar-refractivity contribution is 7.13. The second kappa shape index (κ2) is 5.77. The van der Waals surface area contributed by atoms with Crippen LogP contribution in [-0.2, 0) is 6.42 Å². The molecule has 96 valence electrons. The Morgan fingerprint density at radius 2 is 2.17 bits per heavy atom. The summed E-state index contributed by atoms with van der Waals surface area (Å²) in [5.74, 6) is 0.917. The highest BCUT2D eigenvalue weighted by Gasteiger charge is 2.03. The van der Waals surface area contributed by atoms with Crippen LogP contribution in [0.4, 0.5) is 10.9 Å². The topological polar surface area (TPSA) is 76.7 Å². The molecule has 0 amide bonds. The van der Waals surface area contributed by atoms with Gasteiger partial charge in [-0.25, -0.2) is 15.0 Å². The van der Waals surface area contributed by atoms with Crippen molar-refractivity contribution < 1.29 is 0 Å². The van der Waals surface area contributed by atoms with E-state index in [1.54, 1.807) is 6.33 Å². The number of aromatic nitrogens is 3. The van der Waals surface area contributed by atoms with Crippen LogP contribution in [0, 0.1) is 13.8 Å². The predicted molar refractivity (Wildman–Crippen MR) is 74.8 cm³/mol. The number of nitrogen functional groups attached to an aromatic ring is 1. The molecule has 0 spiro atoms.